The van der Waals surface area contributed by atoms with Crippen LogP contribution >= 0.6 is 0 Å². The van der Waals surface area contributed by atoms with Crippen molar-refractivity contribution in [3.8, 4) is 5.75 Å². The minimum atomic E-state index is -0.0397. The normalized spacial score (nSPS) is 26.0. The van der Waals surface area contributed by atoms with Gasteiger partial charge in [-0.2, -0.15) is 0 Å². The highest BCUT2D eigenvalue weighted by molar-refractivity contribution is 5.85. The summed E-state index contributed by atoms with van der Waals surface area (Å²) in [6, 6.07) is 8.49. The molecular weight excluding hydrogens is 264 g/mol. The predicted molar refractivity (Wildman–Crippen MR) is 82.1 cm³/mol. The largest absolute Gasteiger partial charge is 0.494 e. The minimum absolute atomic E-state index is 0.0171. The van der Waals surface area contributed by atoms with Crippen molar-refractivity contribution in [3.63, 3.8) is 0 Å². The summed E-state index contributed by atoms with van der Waals surface area (Å²) in [4.78, 5) is 14.6. The van der Waals surface area contributed by atoms with Crippen molar-refractivity contribution in [2.24, 2.45) is 0 Å². The lowest BCUT2D eigenvalue weighted by Gasteiger charge is -2.38. The van der Waals surface area contributed by atoms with E-state index in [1.54, 1.807) is 0 Å². The molecule has 0 aromatic heterocycles. The molecule has 2 aliphatic rings. The highest BCUT2D eigenvalue weighted by Crippen LogP contribution is 2.36. The van der Waals surface area contributed by atoms with E-state index in [9.17, 15) is 4.79 Å². The quantitative estimate of drug-likeness (QED) is 0.906. The third kappa shape index (κ3) is 2.64. The van der Waals surface area contributed by atoms with Crippen LogP contribution in [-0.2, 0) is 4.79 Å². The van der Waals surface area contributed by atoms with Gasteiger partial charge in [0.05, 0.1) is 12.6 Å². The van der Waals surface area contributed by atoms with Crippen LogP contribution in [0, 0.1) is 0 Å². The minimum Gasteiger partial charge on any atom is -0.494 e. The number of benzene rings is 1. The SMILES string of the molecule is CCOc1ccc(C2NC(CC)C(=O)N2C2CCC2)cc1. The van der Waals surface area contributed by atoms with E-state index in [1.165, 1.54) is 6.42 Å². The molecule has 114 valence electrons. The summed E-state index contributed by atoms with van der Waals surface area (Å²) in [5, 5.41) is 3.49. The molecule has 1 N–H and O–H groups in total. The molecule has 4 heteroatoms. The monoisotopic (exact) mass is 288 g/mol. The van der Waals surface area contributed by atoms with E-state index < -0.39 is 0 Å². The van der Waals surface area contributed by atoms with Gasteiger partial charge in [0.25, 0.3) is 0 Å². The predicted octanol–water partition coefficient (Wildman–Crippen LogP) is 2.85. The summed E-state index contributed by atoms with van der Waals surface area (Å²) in [5.74, 6) is 1.15. The summed E-state index contributed by atoms with van der Waals surface area (Å²) in [7, 11) is 0. The van der Waals surface area contributed by atoms with E-state index in [-0.39, 0.29) is 18.1 Å². The molecule has 2 atom stereocenters. The third-order valence-electron chi connectivity index (χ3n) is 4.57. The van der Waals surface area contributed by atoms with Gasteiger partial charge in [-0.25, -0.2) is 0 Å². The number of ether oxygens (including phenoxy) is 1. The summed E-state index contributed by atoms with van der Waals surface area (Å²) >= 11 is 0. The van der Waals surface area contributed by atoms with E-state index >= 15 is 0 Å². The number of hydrogen-bond donors (Lipinski definition) is 1. The summed E-state index contributed by atoms with van der Waals surface area (Å²) in [6.45, 7) is 4.72. The maximum atomic E-state index is 12.6. The zero-order valence-electron chi connectivity index (χ0n) is 12.8. The molecule has 4 nitrogen and oxygen atoms in total. The molecule has 3 rings (SSSR count). The first-order valence-corrected chi connectivity index (χ1v) is 8.05. The molecule has 0 radical (unpaired) electrons. The molecule has 1 amide bonds. The Morgan fingerprint density at radius 3 is 2.48 bits per heavy atom. The van der Waals surface area contributed by atoms with Crippen LogP contribution in [0.5, 0.6) is 5.75 Å². The molecule has 1 aromatic rings. The van der Waals surface area contributed by atoms with Crippen LogP contribution in [0.15, 0.2) is 24.3 Å². The molecule has 0 bridgehead atoms. The molecule has 1 saturated carbocycles. The van der Waals surface area contributed by atoms with Gasteiger partial charge in [0.1, 0.15) is 11.9 Å². The molecule has 2 unspecified atom stereocenters. The van der Waals surface area contributed by atoms with Gasteiger partial charge < -0.3 is 9.64 Å². The zero-order valence-corrected chi connectivity index (χ0v) is 12.8. The van der Waals surface area contributed by atoms with Crippen LogP contribution in [0.3, 0.4) is 0 Å². The van der Waals surface area contributed by atoms with Gasteiger partial charge in [-0.15, -0.1) is 0 Å². The number of nitrogens with zero attached hydrogens (tertiary/aromatic N) is 1. The number of nitrogens with one attached hydrogen (secondary N) is 1. The fourth-order valence-electron chi connectivity index (χ4n) is 3.17. The van der Waals surface area contributed by atoms with Gasteiger partial charge in [-0.3, -0.25) is 10.1 Å². The van der Waals surface area contributed by atoms with Crippen LogP contribution in [0.1, 0.15) is 51.3 Å². The Morgan fingerprint density at radius 1 is 1.24 bits per heavy atom. The summed E-state index contributed by atoms with van der Waals surface area (Å²) in [5.41, 5.74) is 1.15. The number of carbonyl (C=O) groups is 1. The Hall–Kier alpha value is -1.55. The van der Waals surface area contributed by atoms with Crippen molar-refractivity contribution in [2.45, 2.75) is 57.8 Å². The molecule has 1 saturated heterocycles. The molecule has 1 aromatic carbocycles. The average molecular weight is 288 g/mol. The Labute approximate surface area is 126 Å². The number of carbonyl (C=O) groups excluding carboxylic acids is 1. The second kappa shape index (κ2) is 6.06. The fraction of sp³-hybridized carbons (Fsp3) is 0.588. The maximum absolute atomic E-state index is 12.6. The van der Waals surface area contributed by atoms with E-state index in [0.29, 0.717) is 12.6 Å². The van der Waals surface area contributed by atoms with Crippen molar-refractivity contribution in [1.82, 2.24) is 10.2 Å². The second-order valence-electron chi connectivity index (χ2n) is 5.86. The average Bonchev–Trinajstić information content (AvgIpc) is 2.76. The van der Waals surface area contributed by atoms with Crippen molar-refractivity contribution in [3.05, 3.63) is 29.8 Å². The lowest BCUT2D eigenvalue weighted by atomic mass is 9.90. The van der Waals surface area contributed by atoms with Gasteiger partial charge in [0.15, 0.2) is 0 Å². The Balaban J connectivity index is 1.82. The number of rotatable bonds is 5. The van der Waals surface area contributed by atoms with Crippen LogP contribution < -0.4 is 10.1 Å². The molecule has 1 aliphatic heterocycles. The lowest BCUT2D eigenvalue weighted by molar-refractivity contribution is -0.134. The van der Waals surface area contributed by atoms with Crippen LogP contribution in [0.4, 0.5) is 0 Å². The summed E-state index contributed by atoms with van der Waals surface area (Å²) in [6.07, 6.45) is 4.37. The van der Waals surface area contributed by atoms with E-state index in [4.69, 9.17) is 4.74 Å². The fourth-order valence-corrected chi connectivity index (χ4v) is 3.17. The second-order valence-corrected chi connectivity index (χ2v) is 5.86. The van der Waals surface area contributed by atoms with Crippen molar-refractivity contribution >= 4 is 5.91 Å². The van der Waals surface area contributed by atoms with Gasteiger partial charge in [0, 0.05) is 6.04 Å². The molecule has 2 fully saturated rings. The van der Waals surface area contributed by atoms with Gasteiger partial charge >= 0.3 is 0 Å². The highest BCUT2D eigenvalue weighted by Gasteiger charge is 2.43. The molecule has 1 heterocycles. The van der Waals surface area contributed by atoms with Crippen molar-refractivity contribution in [1.29, 1.82) is 0 Å². The molecule has 21 heavy (non-hydrogen) atoms. The van der Waals surface area contributed by atoms with Gasteiger partial charge in [-0.05, 0) is 50.3 Å². The van der Waals surface area contributed by atoms with Crippen LogP contribution in [0.2, 0.25) is 0 Å². The molecular formula is C17H24N2O2. The summed E-state index contributed by atoms with van der Waals surface area (Å²) < 4.78 is 5.49. The first-order chi connectivity index (χ1) is 10.2. The van der Waals surface area contributed by atoms with E-state index in [0.717, 1.165) is 30.6 Å². The first-order valence-electron chi connectivity index (χ1n) is 8.05. The van der Waals surface area contributed by atoms with Crippen LogP contribution in [0.25, 0.3) is 0 Å². The van der Waals surface area contributed by atoms with E-state index in [1.807, 2.05) is 19.1 Å². The van der Waals surface area contributed by atoms with Crippen molar-refractivity contribution < 1.29 is 9.53 Å². The Bertz CT molecular complexity index is 496. The number of hydrogen-bond acceptors (Lipinski definition) is 3. The van der Waals surface area contributed by atoms with Gasteiger partial charge in [0.2, 0.25) is 5.91 Å². The zero-order chi connectivity index (χ0) is 14.8. The van der Waals surface area contributed by atoms with Crippen molar-refractivity contribution in [2.75, 3.05) is 6.61 Å². The lowest BCUT2D eigenvalue weighted by Crippen LogP contribution is -2.44. The first kappa shape index (κ1) is 14.4. The third-order valence-corrected chi connectivity index (χ3v) is 4.57. The highest BCUT2D eigenvalue weighted by atomic mass is 16.5. The molecule has 1 aliphatic carbocycles. The Morgan fingerprint density at radius 2 is 1.95 bits per heavy atom. The van der Waals surface area contributed by atoms with Crippen LogP contribution in [-0.4, -0.2) is 29.5 Å². The van der Waals surface area contributed by atoms with Gasteiger partial charge in [-0.1, -0.05) is 19.1 Å². The Kier molecular flexibility index (Phi) is 4.15. The molecule has 0 spiro atoms. The topological polar surface area (TPSA) is 41.6 Å². The van der Waals surface area contributed by atoms with E-state index in [2.05, 4.69) is 29.3 Å². The smallest absolute Gasteiger partial charge is 0.241 e. The number of amides is 1. The standard InChI is InChI=1S/C17H24N2O2/c1-3-15-17(20)19(13-6-5-7-13)16(18-15)12-8-10-14(11-9-12)21-4-2/h8-11,13,15-16,18H,3-7H2,1-2H3. The maximum Gasteiger partial charge on any atom is 0.241 e.